The molecular formula is C17H18N6OS2. The molecule has 4 rings (SSSR count). The Morgan fingerprint density at radius 2 is 2.04 bits per heavy atom. The third kappa shape index (κ3) is 3.78. The van der Waals surface area contributed by atoms with E-state index in [1.54, 1.807) is 0 Å². The van der Waals surface area contributed by atoms with Crippen LogP contribution in [0.3, 0.4) is 0 Å². The van der Waals surface area contributed by atoms with Gasteiger partial charge in [-0.3, -0.25) is 10.1 Å². The summed E-state index contributed by atoms with van der Waals surface area (Å²) in [4.78, 5) is 12.2. The first-order chi connectivity index (χ1) is 12.7. The second-order valence-electron chi connectivity index (χ2n) is 5.97. The van der Waals surface area contributed by atoms with E-state index in [0.29, 0.717) is 11.0 Å². The summed E-state index contributed by atoms with van der Waals surface area (Å²) < 4.78 is 2.02. The van der Waals surface area contributed by atoms with Gasteiger partial charge in [0.2, 0.25) is 11.0 Å². The number of nitrogens with zero attached hydrogens (tertiary/aromatic N) is 5. The summed E-state index contributed by atoms with van der Waals surface area (Å²) in [6, 6.07) is 9.93. The first-order valence-electron chi connectivity index (χ1n) is 8.49. The lowest BCUT2D eigenvalue weighted by Crippen LogP contribution is -2.14. The molecule has 1 amide bonds. The second kappa shape index (κ2) is 7.55. The van der Waals surface area contributed by atoms with Crippen molar-refractivity contribution in [3.8, 4) is 11.4 Å². The Labute approximate surface area is 159 Å². The fraction of sp³-hybridized carbons (Fsp3) is 0.353. The fourth-order valence-corrected chi connectivity index (χ4v) is 4.28. The molecule has 0 atom stereocenters. The van der Waals surface area contributed by atoms with Gasteiger partial charge in [0.1, 0.15) is 5.01 Å². The zero-order chi connectivity index (χ0) is 17.9. The molecule has 1 N–H and O–H groups in total. The molecule has 2 aromatic heterocycles. The molecule has 7 nitrogen and oxygen atoms in total. The third-order valence-electron chi connectivity index (χ3n) is 4.01. The zero-order valence-electron chi connectivity index (χ0n) is 14.3. The van der Waals surface area contributed by atoms with Crippen molar-refractivity contribution in [2.75, 3.05) is 11.1 Å². The normalized spacial score (nSPS) is 13.7. The Bertz CT molecular complexity index is 903. The average molecular weight is 387 g/mol. The number of hydrogen-bond donors (Lipinski definition) is 1. The van der Waals surface area contributed by atoms with Crippen LogP contribution in [0.4, 0.5) is 5.13 Å². The molecule has 0 radical (unpaired) electrons. The SMILES string of the molecule is CCn1c(SCC(=O)Nc2nnc(C3CC3)s2)nnc1-c1ccccc1. The molecular weight excluding hydrogens is 368 g/mol. The summed E-state index contributed by atoms with van der Waals surface area (Å²) in [5, 5.41) is 21.9. The molecule has 1 aliphatic rings. The van der Waals surface area contributed by atoms with Crippen molar-refractivity contribution >= 4 is 34.1 Å². The van der Waals surface area contributed by atoms with Crippen LogP contribution >= 0.6 is 23.1 Å². The lowest BCUT2D eigenvalue weighted by molar-refractivity contribution is -0.113. The maximum atomic E-state index is 12.2. The number of anilines is 1. The first-order valence-corrected chi connectivity index (χ1v) is 10.3. The minimum Gasteiger partial charge on any atom is -0.302 e. The van der Waals surface area contributed by atoms with Crippen molar-refractivity contribution in [3.63, 3.8) is 0 Å². The van der Waals surface area contributed by atoms with Crippen molar-refractivity contribution in [2.24, 2.45) is 0 Å². The predicted octanol–water partition coefficient (Wildman–Crippen LogP) is 3.42. The second-order valence-corrected chi connectivity index (χ2v) is 7.92. The average Bonchev–Trinajstić information content (AvgIpc) is 3.27. The molecule has 9 heteroatoms. The highest BCUT2D eigenvalue weighted by Gasteiger charge is 2.27. The van der Waals surface area contributed by atoms with Crippen molar-refractivity contribution in [3.05, 3.63) is 35.3 Å². The number of hydrogen-bond acceptors (Lipinski definition) is 7. The number of amides is 1. The molecule has 1 aromatic carbocycles. The van der Waals surface area contributed by atoms with Gasteiger partial charge in [-0.2, -0.15) is 0 Å². The first kappa shape index (κ1) is 17.2. The van der Waals surface area contributed by atoms with Gasteiger partial charge in [-0.05, 0) is 19.8 Å². The third-order valence-corrected chi connectivity index (χ3v) is 5.98. The molecule has 0 saturated heterocycles. The van der Waals surface area contributed by atoms with Gasteiger partial charge in [-0.1, -0.05) is 53.4 Å². The molecule has 0 aliphatic heterocycles. The standard InChI is InChI=1S/C17H18N6OS2/c1-2-23-14(11-6-4-3-5-7-11)19-22-17(23)25-10-13(24)18-16-21-20-15(26-16)12-8-9-12/h3-7,12H,2,8-10H2,1H3,(H,18,21,24). The summed E-state index contributed by atoms with van der Waals surface area (Å²) in [6.07, 6.45) is 2.35. The van der Waals surface area contributed by atoms with Crippen molar-refractivity contribution in [1.29, 1.82) is 0 Å². The van der Waals surface area contributed by atoms with Crippen LogP contribution in [-0.2, 0) is 11.3 Å². The number of nitrogens with one attached hydrogen (secondary N) is 1. The van der Waals surface area contributed by atoms with E-state index in [-0.39, 0.29) is 11.7 Å². The molecule has 0 bridgehead atoms. The van der Waals surface area contributed by atoms with Crippen LogP contribution in [0.15, 0.2) is 35.5 Å². The van der Waals surface area contributed by atoms with E-state index in [2.05, 4.69) is 25.7 Å². The van der Waals surface area contributed by atoms with Gasteiger partial charge in [0.15, 0.2) is 11.0 Å². The topological polar surface area (TPSA) is 85.6 Å². The maximum absolute atomic E-state index is 12.2. The molecule has 1 aliphatic carbocycles. The van der Waals surface area contributed by atoms with E-state index >= 15 is 0 Å². The Kier molecular flexibility index (Phi) is 4.98. The smallest absolute Gasteiger partial charge is 0.236 e. The summed E-state index contributed by atoms with van der Waals surface area (Å²) in [6.45, 7) is 2.78. The van der Waals surface area contributed by atoms with Gasteiger partial charge in [0.05, 0.1) is 5.75 Å². The number of benzene rings is 1. The zero-order valence-corrected chi connectivity index (χ0v) is 15.9. The maximum Gasteiger partial charge on any atom is 0.236 e. The largest absolute Gasteiger partial charge is 0.302 e. The van der Waals surface area contributed by atoms with Crippen LogP contribution in [0, 0.1) is 0 Å². The quantitative estimate of drug-likeness (QED) is 0.626. The van der Waals surface area contributed by atoms with Crippen molar-refractivity contribution in [2.45, 2.75) is 37.4 Å². The van der Waals surface area contributed by atoms with E-state index in [0.717, 1.165) is 28.1 Å². The highest BCUT2D eigenvalue weighted by Crippen LogP contribution is 2.42. The lowest BCUT2D eigenvalue weighted by Gasteiger charge is -2.07. The highest BCUT2D eigenvalue weighted by molar-refractivity contribution is 7.99. The molecule has 26 heavy (non-hydrogen) atoms. The van der Waals surface area contributed by atoms with Gasteiger partial charge in [0, 0.05) is 18.0 Å². The van der Waals surface area contributed by atoms with Crippen LogP contribution in [0.25, 0.3) is 11.4 Å². The Balaban J connectivity index is 1.39. The molecule has 2 heterocycles. The van der Waals surface area contributed by atoms with Crippen LogP contribution in [-0.4, -0.2) is 36.6 Å². The molecule has 0 spiro atoms. The van der Waals surface area contributed by atoms with E-state index in [9.17, 15) is 4.79 Å². The van der Waals surface area contributed by atoms with Gasteiger partial charge in [0.25, 0.3) is 0 Å². The number of carbonyl (C=O) groups excluding carboxylic acids is 1. The number of thioether (sulfide) groups is 1. The van der Waals surface area contributed by atoms with Crippen LogP contribution in [0.2, 0.25) is 0 Å². The molecule has 1 saturated carbocycles. The van der Waals surface area contributed by atoms with Crippen LogP contribution in [0.1, 0.15) is 30.7 Å². The molecule has 3 aromatic rings. The monoisotopic (exact) mass is 386 g/mol. The number of aromatic nitrogens is 5. The van der Waals surface area contributed by atoms with Gasteiger partial charge in [-0.25, -0.2) is 0 Å². The highest BCUT2D eigenvalue weighted by atomic mass is 32.2. The van der Waals surface area contributed by atoms with E-state index in [1.807, 2.05) is 41.8 Å². The molecule has 1 fully saturated rings. The summed E-state index contributed by atoms with van der Waals surface area (Å²) >= 11 is 2.84. The summed E-state index contributed by atoms with van der Waals surface area (Å²) in [7, 11) is 0. The summed E-state index contributed by atoms with van der Waals surface area (Å²) in [5.41, 5.74) is 1.01. The van der Waals surface area contributed by atoms with Crippen LogP contribution < -0.4 is 5.32 Å². The minimum atomic E-state index is -0.111. The summed E-state index contributed by atoms with van der Waals surface area (Å²) in [5.74, 6) is 1.51. The Morgan fingerprint density at radius 1 is 1.23 bits per heavy atom. The van der Waals surface area contributed by atoms with Gasteiger partial charge < -0.3 is 4.57 Å². The number of carbonyl (C=O) groups is 1. The van der Waals surface area contributed by atoms with Gasteiger partial charge in [-0.15, -0.1) is 20.4 Å². The molecule has 0 unspecified atom stereocenters. The van der Waals surface area contributed by atoms with Crippen molar-refractivity contribution in [1.82, 2.24) is 25.0 Å². The van der Waals surface area contributed by atoms with Crippen molar-refractivity contribution < 1.29 is 4.79 Å². The van der Waals surface area contributed by atoms with E-state index in [1.165, 1.54) is 35.9 Å². The van der Waals surface area contributed by atoms with Crippen LogP contribution in [0.5, 0.6) is 0 Å². The molecule has 134 valence electrons. The fourth-order valence-electron chi connectivity index (χ4n) is 2.55. The lowest BCUT2D eigenvalue weighted by atomic mass is 10.2. The van der Waals surface area contributed by atoms with Gasteiger partial charge >= 0.3 is 0 Å². The predicted molar refractivity (Wildman–Crippen MR) is 102 cm³/mol. The van der Waals surface area contributed by atoms with E-state index in [4.69, 9.17) is 0 Å². The van der Waals surface area contributed by atoms with E-state index < -0.39 is 0 Å². The Morgan fingerprint density at radius 3 is 2.77 bits per heavy atom. The minimum absolute atomic E-state index is 0.111. The number of rotatable bonds is 7. The Hall–Kier alpha value is -2.26.